The van der Waals surface area contributed by atoms with Crippen molar-refractivity contribution in [2.75, 3.05) is 0 Å². The highest BCUT2D eigenvalue weighted by Crippen LogP contribution is 2.34. The van der Waals surface area contributed by atoms with Crippen molar-refractivity contribution in [3.05, 3.63) is 65.3 Å². The lowest BCUT2D eigenvalue weighted by Crippen LogP contribution is -2.27. The summed E-state index contributed by atoms with van der Waals surface area (Å²) in [7, 11) is 0. The summed E-state index contributed by atoms with van der Waals surface area (Å²) in [4.78, 5) is 22.6. The highest BCUT2D eigenvalue weighted by molar-refractivity contribution is 6.30. The number of carbonyl (C=O) groups is 1. The molecule has 1 amide bonds. The molecule has 1 aromatic carbocycles. The smallest absolute Gasteiger partial charge is 0.249 e. The summed E-state index contributed by atoms with van der Waals surface area (Å²) in [6.45, 7) is 0.469. The molecule has 0 bridgehead atoms. The van der Waals surface area contributed by atoms with E-state index in [1.807, 2.05) is 36.4 Å². The molecule has 6 nitrogen and oxygen atoms in total. The van der Waals surface area contributed by atoms with E-state index in [1.165, 1.54) is 0 Å². The minimum atomic E-state index is -0.213. The van der Waals surface area contributed by atoms with Crippen molar-refractivity contribution in [3.8, 4) is 11.4 Å². The zero-order valence-corrected chi connectivity index (χ0v) is 14.1. The molecule has 3 aromatic rings. The molecule has 0 N–H and O–H groups in total. The van der Waals surface area contributed by atoms with Gasteiger partial charge in [0.1, 0.15) is 6.04 Å². The molecule has 7 heteroatoms. The van der Waals surface area contributed by atoms with Crippen molar-refractivity contribution in [2.24, 2.45) is 0 Å². The van der Waals surface area contributed by atoms with Gasteiger partial charge in [0.25, 0.3) is 0 Å². The van der Waals surface area contributed by atoms with Gasteiger partial charge in [0.15, 0.2) is 0 Å². The molecule has 1 aliphatic heterocycles. The number of hydrogen-bond donors (Lipinski definition) is 0. The van der Waals surface area contributed by atoms with Gasteiger partial charge in [-0.15, -0.1) is 0 Å². The summed E-state index contributed by atoms with van der Waals surface area (Å²) in [5.41, 5.74) is 1.80. The van der Waals surface area contributed by atoms with Gasteiger partial charge in [-0.1, -0.05) is 28.9 Å². The van der Waals surface area contributed by atoms with Gasteiger partial charge in [0.05, 0.1) is 0 Å². The van der Waals surface area contributed by atoms with Crippen molar-refractivity contribution in [3.63, 3.8) is 0 Å². The van der Waals surface area contributed by atoms with E-state index in [4.69, 9.17) is 16.1 Å². The zero-order valence-electron chi connectivity index (χ0n) is 13.3. The first-order valence-corrected chi connectivity index (χ1v) is 8.36. The van der Waals surface area contributed by atoms with Gasteiger partial charge >= 0.3 is 0 Å². The number of likely N-dealkylation sites (tertiary alicyclic amines) is 1. The number of aromatic nitrogens is 3. The molecule has 1 atom stereocenters. The molecular formula is C18H15ClN4O2. The summed E-state index contributed by atoms with van der Waals surface area (Å²) in [6.07, 6.45) is 4.49. The molecule has 4 rings (SSSR count). The summed E-state index contributed by atoms with van der Waals surface area (Å²) in [5, 5.41) is 4.69. The lowest BCUT2D eigenvalue weighted by Gasteiger charge is -2.22. The van der Waals surface area contributed by atoms with E-state index < -0.39 is 0 Å². The normalized spacial score (nSPS) is 17.2. The van der Waals surface area contributed by atoms with Gasteiger partial charge in [0, 0.05) is 35.9 Å². The Bertz CT molecular complexity index is 897. The second-order valence-corrected chi connectivity index (χ2v) is 6.33. The lowest BCUT2D eigenvalue weighted by atomic mass is 10.2. The van der Waals surface area contributed by atoms with Crippen LogP contribution >= 0.6 is 11.6 Å². The van der Waals surface area contributed by atoms with E-state index >= 15 is 0 Å². The molecule has 0 radical (unpaired) electrons. The Morgan fingerprint density at radius 3 is 2.88 bits per heavy atom. The van der Waals surface area contributed by atoms with Gasteiger partial charge in [-0.3, -0.25) is 9.78 Å². The number of pyridine rings is 1. The number of hydrogen-bond acceptors (Lipinski definition) is 5. The maximum absolute atomic E-state index is 12.3. The fourth-order valence-corrected chi connectivity index (χ4v) is 3.22. The molecule has 0 saturated carbocycles. The molecule has 126 valence electrons. The molecule has 0 aliphatic carbocycles. The van der Waals surface area contributed by atoms with Crippen LogP contribution in [0.15, 0.2) is 53.3 Å². The first kappa shape index (κ1) is 15.8. The van der Waals surface area contributed by atoms with Gasteiger partial charge < -0.3 is 9.42 Å². The maximum Gasteiger partial charge on any atom is 0.249 e. The molecule has 3 heterocycles. The fourth-order valence-electron chi connectivity index (χ4n) is 3.01. The highest BCUT2D eigenvalue weighted by Gasteiger charge is 2.36. The average molecular weight is 355 g/mol. The summed E-state index contributed by atoms with van der Waals surface area (Å²) in [5.74, 6) is 1.03. The Kier molecular flexibility index (Phi) is 4.19. The Hall–Kier alpha value is -2.73. The molecule has 2 aromatic heterocycles. The van der Waals surface area contributed by atoms with Crippen LogP contribution in [0.3, 0.4) is 0 Å². The lowest BCUT2D eigenvalue weighted by molar-refractivity contribution is -0.129. The van der Waals surface area contributed by atoms with Crippen LogP contribution < -0.4 is 0 Å². The van der Waals surface area contributed by atoms with E-state index in [0.29, 0.717) is 36.1 Å². The second-order valence-electron chi connectivity index (χ2n) is 5.90. The number of carbonyl (C=O) groups excluding carboxylic acids is 1. The van der Waals surface area contributed by atoms with Crippen molar-refractivity contribution in [1.29, 1.82) is 0 Å². The summed E-state index contributed by atoms with van der Waals surface area (Å²) >= 11 is 6.04. The Labute approximate surface area is 149 Å². The topological polar surface area (TPSA) is 72.1 Å². The second kappa shape index (κ2) is 6.64. The van der Waals surface area contributed by atoms with Crippen LogP contribution in [-0.2, 0) is 11.3 Å². The molecule has 1 fully saturated rings. The van der Waals surface area contributed by atoms with Gasteiger partial charge in [-0.2, -0.15) is 4.98 Å². The number of benzene rings is 1. The molecule has 1 saturated heterocycles. The van der Waals surface area contributed by atoms with Crippen molar-refractivity contribution < 1.29 is 9.32 Å². The van der Waals surface area contributed by atoms with Crippen LogP contribution in [0.2, 0.25) is 5.02 Å². The van der Waals surface area contributed by atoms with Crippen molar-refractivity contribution in [2.45, 2.75) is 25.4 Å². The number of amides is 1. The average Bonchev–Trinajstić information content (AvgIpc) is 3.24. The molecule has 0 spiro atoms. The molecular weight excluding hydrogens is 340 g/mol. The highest BCUT2D eigenvalue weighted by atomic mass is 35.5. The zero-order chi connectivity index (χ0) is 17.2. The fraction of sp³-hybridized carbons (Fsp3) is 0.222. The predicted octanol–water partition coefficient (Wildman–Crippen LogP) is 3.65. The van der Waals surface area contributed by atoms with E-state index in [-0.39, 0.29) is 11.9 Å². The van der Waals surface area contributed by atoms with Gasteiger partial charge in [0.2, 0.25) is 17.6 Å². The minimum absolute atomic E-state index is 0.0774. The molecule has 1 aliphatic rings. The third-order valence-electron chi connectivity index (χ3n) is 4.24. The van der Waals surface area contributed by atoms with Crippen LogP contribution in [0, 0.1) is 0 Å². The first-order valence-electron chi connectivity index (χ1n) is 7.98. The van der Waals surface area contributed by atoms with E-state index in [0.717, 1.165) is 11.1 Å². The third-order valence-corrected chi connectivity index (χ3v) is 4.47. The molecule has 1 unspecified atom stereocenters. The summed E-state index contributed by atoms with van der Waals surface area (Å²) < 4.78 is 5.44. The number of halogens is 1. The van der Waals surface area contributed by atoms with Gasteiger partial charge in [-0.25, -0.2) is 0 Å². The SMILES string of the molecule is O=C1CCC(c2nc(-c3ccncc3)no2)N1Cc1cccc(Cl)c1. The monoisotopic (exact) mass is 354 g/mol. The van der Waals surface area contributed by atoms with Crippen LogP contribution in [0.1, 0.15) is 30.3 Å². The third kappa shape index (κ3) is 3.25. The quantitative estimate of drug-likeness (QED) is 0.715. The Morgan fingerprint density at radius 1 is 1.24 bits per heavy atom. The standard InChI is InChI=1S/C18H15ClN4O2/c19-14-3-1-2-12(10-14)11-23-15(4-5-16(23)24)18-21-17(22-25-18)13-6-8-20-9-7-13/h1-3,6-10,15H,4-5,11H2. The van der Waals surface area contributed by atoms with Gasteiger partial charge in [-0.05, 0) is 36.2 Å². The number of nitrogens with zero attached hydrogens (tertiary/aromatic N) is 4. The minimum Gasteiger partial charge on any atom is -0.337 e. The van der Waals surface area contributed by atoms with Crippen LogP contribution in [0.25, 0.3) is 11.4 Å². The number of rotatable bonds is 4. The molecule has 25 heavy (non-hydrogen) atoms. The Balaban J connectivity index is 1.59. The van der Waals surface area contributed by atoms with Crippen LogP contribution in [0.4, 0.5) is 0 Å². The first-order chi connectivity index (χ1) is 12.2. The van der Waals surface area contributed by atoms with E-state index in [1.54, 1.807) is 17.3 Å². The van der Waals surface area contributed by atoms with Crippen LogP contribution in [-0.4, -0.2) is 25.9 Å². The maximum atomic E-state index is 12.3. The van der Waals surface area contributed by atoms with E-state index in [9.17, 15) is 4.79 Å². The predicted molar refractivity (Wildman–Crippen MR) is 91.5 cm³/mol. The van der Waals surface area contributed by atoms with Crippen LogP contribution in [0.5, 0.6) is 0 Å². The van der Waals surface area contributed by atoms with Crippen molar-refractivity contribution >= 4 is 17.5 Å². The Morgan fingerprint density at radius 2 is 2.08 bits per heavy atom. The summed E-state index contributed by atoms with van der Waals surface area (Å²) in [6, 6.07) is 10.9. The largest absolute Gasteiger partial charge is 0.337 e. The van der Waals surface area contributed by atoms with Crippen molar-refractivity contribution in [1.82, 2.24) is 20.0 Å². The van der Waals surface area contributed by atoms with E-state index in [2.05, 4.69) is 15.1 Å².